The van der Waals surface area contributed by atoms with Crippen molar-refractivity contribution in [2.45, 2.75) is 27.2 Å². The van der Waals surface area contributed by atoms with Crippen LogP contribution in [0.1, 0.15) is 25.0 Å². The average Bonchev–Trinajstić information content (AvgIpc) is 2.09. The van der Waals surface area contributed by atoms with Crippen molar-refractivity contribution < 1.29 is 0 Å². The molecule has 0 saturated carbocycles. The first-order chi connectivity index (χ1) is 6.24. The van der Waals surface area contributed by atoms with Crippen LogP contribution in [0, 0.1) is 24.7 Å². The molecule has 0 radical (unpaired) electrons. The number of rotatable bonds is 2. The maximum absolute atomic E-state index is 3.17. The lowest BCUT2D eigenvalue weighted by Gasteiger charge is -2.06. The summed E-state index contributed by atoms with van der Waals surface area (Å²) in [7, 11) is 0. The zero-order chi connectivity index (χ0) is 9.68. The van der Waals surface area contributed by atoms with Crippen LogP contribution < -0.4 is 0 Å². The lowest BCUT2D eigenvalue weighted by Crippen LogP contribution is -1.98. The summed E-state index contributed by atoms with van der Waals surface area (Å²) < 4.78 is 0. The molecule has 0 aromatic heterocycles. The zero-order valence-electron chi connectivity index (χ0n) is 8.59. The quantitative estimate of drug-likeness (QED) is 0.601. The first-order valence-electron chi connectivity index (χ1n) is 4.71. The van der Waals surface area contributed by atoms with E-state index in [9.17, 15) is 0 Å². The number of benzene rings is 1. The Bertz CT molecular complexity index is 325. The second-order valence-corrected chi connectivity index (χ2v) is 3.43. The smallest absolute Gasteiger partial charge is 0.0214 e. The minimum absolute atomic E-state index is 0.464. The molecule has 1 aromatic rings. The summed E-state index contributed by atoms with van der Waals surface area (Å²) in [5.41, 5.74) is 2.78. The Kier molecular flexibility index (Phi) is 3.58. The van der Waals surface area contributed by atoms with E-state index in [2.05, 4.69) is 50.0 Å². The van der Waals surface area contributed by atoms with Gasteiger partial charge in [0.15, 0.2) is 0 Å². The van der Waals surface area contributed by atoms with Crippen LogP contribution in [0.25, 0.3) is 0 Å². The topological polar surface area (TPSA) is 0 Å². The van der Waals surface area contributed by atoms with E-state index in [-0.39, 0.29) is 0 Å². The van der Waals surface area contributed by atoms with E-state index in [0.29, 0.717) is 5.92 Å². The molecule has 0 spiro atoms. The molecule has 0 aliphatic carbocycles. The van der Waals surface area contributed by atoms with Gasteiger partial charge in [-0.05, 0) is 31.4 Å². The van der Waals surface area contributed by atoms with E-state index in [4.69, 9.17) is 0 Å². The molecule has 13 heavy (non-hydrogen) atoms. The molecule has 1 rings (SSSR count). The van der Waals surface area contributed by atoms with Crippen molar-refractivity contribution in [3.8, 4) is 11.8 Å². The van der Waals surface area contributed by atoms with Crippen molar-refractivity contribution >= 4 is 0 Å². The normalized spacial score (nSPS) is 11.6. The summed E-state index contributed by atoms with van der Waals surface area (Å²) >= 11 is 0. The number of hydrogen-bond donors (Lipinski definition) is 0. The molecule has 0 heteroatoms. The second-order valence-electron chi connectivity index (χ2n) is 3.43. The fourth-order valence-electron chi connectivity index (χ4n) is 1.47. The molecular formula is C13H16. The maximum Gasteiger partial charge on any atom is 0.0214 e. The van der Waals surface area contributed by atoms with Crippen LogP contribution in [0.15, 0.2) is 24.3 Å². The molecule has 0 aliphatic heterocycles. The SMILES string of the molecule is CC#CC(C)Cc1ccccc1C. The Balaban J connectivity index is 2.72. The highest BCUT2D eigenvalue weighted by Gasteiger charge is 2.01. The van der Waals surface area contributed by atoms with Crippen molar-refractivity contribution in [3.63, 3.8) is 0 Å². The Morgan fingerprint density at radius 1 is 1.31 bits per heavy atom. The third kappa shape index (κ3) is 2.95. The molecule has 1 aromatic carbocycles. The minimum atomic E-state index is 0.464. The van der Waals surface area contributed by atoms with Crippen LogP contribution in [-0.2, 0) is 6.42 Å². The van der Waals surface area contributed by atoms with E-state index < -0.39 is 0 Å². The first kappa shape index (κ1) is 9.86. The highest BCUT2D eigenvalue weighted by molar-refractivity contribution is 5.26. The predicted molar refractivity (Wildman–Crippen MR) is 57.5 cm³/mol. The highest BCUT2D eigenvalue weighted by atomic mass is 14.1. The monoisotopic (exact) mass is 172 g/mol. The van der Waals surface area contributed by atoms with Crippen molar-refractivity contribution in [3.05, 3.63) is 35.4 Å². The molecule has 0 aliphatic rings. The Morgan fingerprint density at radius 3 is 2.62 bits per heavy atom. The van der Waals surface area contributed by atoms with Gasteiger partial charge in [0.05, 0.1) is 0 Å². The van der Waals surface area contributed by atoms with Gasteiger partial charge in [-0.25, -0.2) is 0 Å². The Morgan fingerprint density at radius 2 is 2.00 bits per heavy atom. The average molecular weight is 172 g/mol. The van der Waals surface area contributed by atoms with E-state index in [1.807, 2.05) is 6.92 Å². The third-order valence-corrected chi connectivity index (χ3v) is 2.18. The second kappa shape index (κ2) is 4.72. The van der Waals surface area contributed by atoms with E-state index in [1.54, 1.807) is 0 Å². The minimum Gasteiger partial charge on any atom is -0.106 e. The van der Waals surface area contributed by atoms with Crippen LogP contribution >= 0.6 is 0 Å². The lowest BCUT2D eigenvalue weighted by molar-refractivity contribution is 0.746. The molecule has 1 atom stereocenters. The van der Waals surface area contributed by atoms with Crippen molar-refractivity contribution in [2.24, 2.45) is 5.92 Å². The maximum atomic E-state index is 3.17. The molecular weight excluding hydrogens is 156 g/mol. The molecule has 0 N–H and O–H groups in total. The summed E-state index contributed by atoms with van der Waals surface area (Å²) in [5.74, 6) is 6.59. The van der Waals surface area contributed by atoms with Crippen LogP contribution in [0.4, 0.5) is 0 Å². The number of aryl methyl sites for hydroxylation is 1. The van der Waals surface area contributed by atoms with Gasteiger partial charge in [-0.3, -0.25) is 0 Å². The Hall–Kier alpha value is -1.22. The zero-order valence-corrected chi connectivity index (χ0v) is 8.59. The van der Waals surface area contributed by atoms with Gasteiger partial charge in [-0.2, -0.15) is 0 Å². The Labute approximate surface area is 81.0 Å². The molecule has 0 nitrogen and oxygen atoms in total. The van der Waals surface area contributed by atoms with Gasteiger partial charge in [0.1, 0.15) is 0 Å². The molecule has 1 unspecified atom stereocenters. The van der Waals surface area contributed by atoms with Gasteiger partial charge in [0.2, 0.25) is 0 Å². The lowest BCUT2D eigenvalue weighted by atomic mass is 9.98. The molecule has 0 saturated heterocycles. The fraction of sp³-hybridized carbons (Fsp3) is 0.385. The van der Waals surface area contributed by atoms with Gasteiger partial charge < -0.3 is 0 Å². The van der Waals surface area contributed by atoms with Crippen LogP contribution in [0.2, 0.25) is 0 Å². The third-order valence-electron chi connectivity index (χ3n) is 2.18. The molecule has 0 fully saturated rings. The summed E-state index contributed by atoms with van der Waals surface area (Å²) in [6.45, 7) is 6.22. The van der Waals surface area contributed by atoms with Crippen molar-refractivity contribution in [2.75, 3.05) is 0 Å². The summed E-state index contributed by atoms with van der Waals surface area (Å²) in [6, 6.07) is 8.51. The molecule has 0 bridgehead atoms. The first-order valence-corrected chi connectivity index (χ1v) is 4.71. The van der Waals surface area contributed by atoms with E-state index in [0.717, 1.165) is 6.42 Å². The van der Waals surface area contributed by atoms with Gasteiger partial charge in [-0.1, -0.05) is 31.2 Å². The van der Waals surface area contributed by atoms with Crippen LogP contribution in [0.5, 0.6) is 0 Å². The molecule has 0 amide bonds. The molecule has 68 valence electrons. The van der Waals surface area contributed by atoms with Crippen molar-refractivity contribution in [1.82, 2.24) is 0 Å². The fourth-order valence-corrected chi connectivity index (χ4v) is 1.47. The number of hydrogen-bond acceptors (Lipinski definition) is 0. The van der Waals surface area contributed by atoms with Gasteiger partial charge in [0, 0.05) is 5.92 Å². The summed E-state index contributed by atoms with van der Waals surface area (Å²) in [4.78, 5) is 0. The largest absolute Gasteiger partial charge is 0.106 e. The standard InChI is InChI=1S/C13H16/c1-4-7-11(2)10-13-9-6-5-8-12(13)3/h5-6,8-9,11H,10H2,1-3H3. The summed E-state index contributed by atoms with van der Waals surface area (Å²) in [5, 5.41) is 0. The van der Waals surface area contributed by atoms with Gasteiger partial charge >= 0.3 is 0 Å². The van der Waals surface area contributed by atoms with Gasteiger partial charge in [0.25, 0.3) is 0 Å². The molecule has 0 heterocycles. The van der Waals surface area contributed by atoms with E-state index in [1.165, 1.54) is 11.1 Å². The predicted octanol–water partition coefficient (Wildman–Crippen LogP) is 3.20. The van der Waals surface area contributed by atoms with Crippen molar-refractivity contribution in [1.29, 1.82) is 0 Å². The van der Waals surface area contributed by atoms with Crippen LogP contribution in [-0.4, -0.2) is 0 Å². The van der Waals surface area contributed by atoms with Gasteiger partial charge in [-0.15, -0.1) is 11.8 Å². The van der Waals surface area contributed by atoms with Crippen LogP contribution in [0.3, 0.4) is 0 Å². The highest BCUT2D eigenvalue weighted by Crippen LogP contribution is 2.12. The van der Waals surface area contributed by atoms with E-state index >= 15 is 0 Å². The summed E-state index contributed by atoms with van der Waals surface area (Å²) in [6.07, 6.45) is 1.06.